The molecule has 0 radical (unpaired) electrons. The molecule has 116 valence electrons. The Hall–Kier alpha value is -1.88. The van der Waals surface area contributed by atoms with Crippen molar-refractivity contribution in [3.05, 3.63) is 35.4 Å². The van der Waals surface area contributed by atoms with E-state index in [4.69, 9.17) is 9.47 Å². The van der Waals surface area contributed by atoms with Gasteiger partial charge in [-0.1, -0.05) is 29.8 Å². The first-order valence-electron chi connectivity index (χ1n) is 6.89. The number of methoxy groups -OCH3 is 1. The van der Waals surface area contributed by atoms with Gasteiger partial charge in [0, 0.05) is 13.5 Å². The van der Waals surface area contributed by atoms with E-state index in [0.717, 1.165) is 5.56 Å². The summed E-state index contributed by atoms with van der Waals surface area (Å²) in [5.74, 6) is -1.98. The molecule has 0 saturated heterocycles. The first-order chi connectivity index (χ1) is 9.88. The van der Waals surface area contributed by atoms with Crippen LogP contribution in [0.4, 0.5) is 0 Å². The first-order valence-corrected chi connectivity index (χ1v) is 6.89. The van der Waals surface area contributed by atoms with Crippen LogP contribution in [0.15, 0.2) is 24.3 Å². The minimum Gasteiger partial charge on any atom is -0.480 e. The summed E-state index contributed by atoms with van der Waals surface area (Å²) < 4.78 is 10.2. The van der Waals surface area contributed by atoms with E-state index in [1.807, 2.05) is 13.0 Å². The van der Waals surface area contributed by atoms with Crippen molar-refractivity contribution in [2.45, 2.75) is 38.7 Å². The summed E-state index contributed by atoms with van der Waals surface area (Å²) in [5, 5.41) is 9.75. The highest BCUT2D eigenvalue weighted by Crippen LogP contribution is 2.33. The molecule has 0 heterocycles. The van der Waals surface area contributed by atoms with Crippen LogP contribution in [0.1, 0.15) is 31.4 Å². The number of aryl methyl sites for hydroxylation is 1. The number of esters is 1. The number of hydrogen-bond donors (Lipinski definition) is 1. The van der Waals surface area contributed by atoms with Crippen molar-refractivity contribution in [1.82, 2.24) is 0 Å². The highest BCUT2D eigenvalue weighted by atomic mass is 16.5. The number of carboxylic acids is 1. The Morgan fingerprint density at radius 1 is 1.38 bits per heavy atom. The predicted octanol–water partition coefficient (Wildman–Crippen LogP) is 2.31. The van der Waals surface area contributed by atoms with Gasteiger partial charge in [0.05, 0.1) is 12.7 Å². The quantitative estimate of drug-likeness (QED) is 0.617. The van der Waals surface area contributed by atoms with Gasteiger partial charge in [0.2, 0.25) is 0 Å². The molecule has 0 aromatic heterocycles. The van der Waals surface area contributed by atoms with Crippen LogP contribution in [0, 0.1) is 6.92 Å². The number of benzene rings is 1. The lowest BCUT2D eigenvalue weighted by Crippen LogP contribution is -2.47. The van der Waals surface area contributed by atoms with E-state index in [0.29, 0.717) is 5.56 Å². The van der Waals surface area contributed by atoms with Gasteiger partial charge in [-0.05, 0) is 26.3 Å². The van der Waals surface area contributed by atoms with E-state index in [1.54, 1.807) is 32.0 Å². The van der Waals surface area contributed by atoms with Gasteiger partial charge in [-0.15, -0.1) is 0 Å². The van der Waals surface area contributed by atoms with E-state index in [-0.39, 0.29) is 13.0 Å². The average Bonchev–Trinajstić information content (AvgIpc) is 2.44. The highest BCUT2D eigenvalue weighted by Gasteiger charge is 2.50. The van der Waals surface area contributed by atoms with Gasteiger partial charge in [-0.2, -0.15) is 0 Å². The molecule has 1 N–H and O–H groups in total. The Balaban J connectivity index is 3.43. The molecule has 0 amide bonds. The van der Waals surface area contributed by atoms with Gasteiger partial charge < -0.3 is 14.6 Å². The van der Waals surface area contributed by atoms with Crippen molar-refractivity contribution in [2.75, 3.05) is 13.7 Å². The van der Waals surface area contributed by atoms with Gasteiger partial charge in [-0.3, -0.25) is 9.59 Å². The Bertz CT molecular complexity index is 511. The molecular weight excluding hydrogens is 272 g/mol. The zero-order valence-electron chi connectivity index (χ0n) is 12.9. The second kappa shape index (κ2) is 7.22. The zero-order chi connectivity index (χ0) is 16.0. The van der Waals surface area contributed by atoms with Crippen molar-refractivity contribution in [1.29, 1.82) is 0 Å². The van der Waals surface area contributed by atoms with Crippen LogP contribution in [-0.4, -0.2) is 36.9 Å². The summed E-state index contributed by atoms with van der Waals surface area (Å²) in [6, 6.07) is 6.92. The Morgan fingerprint density at radius 3 is 2.52 bits per heavy atom. The lowest BCUT2D eigenvalue weighted by Gasteiger charge is -2.30. The second-order valence-corrected chi connectivity index (χ2v) is 5.05. The maximum Gasteiger partial charge on any atom is 0.328 e. The van der Waals surface area contributed by atoms with Crippen LogP contribution in [0.2, 0.25) is 0 Å². The van der Waals surface area contributed by atoms with Crippen molar-refractivity contribution in [3.63, 3.8) is 0 Å². The van der Waals surface area contributed by atoms with Crippen LogP contribution < -0.4 is 0 Å². The number of ether oxygens (including phenoxy) is 2. The monoisotopic (exact) mass is 294 g/mol. The molecule has 0 aliphatic rings. The van der Waals surface area contributed by atoms with E-state index < -0.39 is 23.5 Å². The second-order valence-electron chi connectivity index (χ2n) is 5.05. The molecule has 0 fully saturated rings. The Labute approximate surface area is 124 Å². The van der Waals surface area contributed by atoms with Crippen molar-refractivity contribution in [2.24, 2.45) is 0 Å². The van der Waals surface area contributed by atoms with Gasteiger partial charge in [0.1, 0.15) is 0 Å². The lowest BCUT2D eigenvalue weighted by molar-refractivity contribution is -0.163. The molecule has 21 heavy (non-hydrogen) atoms. The number of hydrogen-bond acceptors (Lipinski definition) is 4. The van der Waals surface area contributed by atoms with E-state index in [9.17, 15) is 14.7 Å². The SMILES string of the molecule is CCOC(=O)C(CC(C)OC)(C(=O)O)c1cccc(C)c1. The number of aliphatic carboxylic acids is 1. The molecule has 5 heteroatoms. The number of carboxylic acid groups (broad SMARTS) is 1. The zero-order valence-corrected chi connectivity index (χ0v) is 12.9. The van der Waals surface area contributed by atoms with E-state index >= 15 is 0 Å². The number of carbonyl (C=O) groups is 2. The summed E-state index contributed by atoms with van der Waals surface area (Å²) in [4.78, 5) is 24.4. The van der Waals surface area contributed by atoms with Crippen LogP contribution in [0.5, 0.6) is 0 Å². The van der Waals surface area contributed by atoms with Crippen LogP contribution in [0.3, 0.4) is 0 Å². The van der Waals surface area contributed by atoms with Crippen molar-refractivity contribution < 1.29 is 24.2 Å². The van der Waals surface area contributed by atoms with Gasteiger partial charge in [0.25, 0.3) is 0 Å². The standard InChI is InChI=1S/C16H22O5/c1-5-21-15(19)16(14(17)18,10-12(3)20-4)13-8-6-7-11(2)9-13/h6-9,12H,5,10H2,1-4H3,(H,17,18). The first kappa shape index (κ1) is 17.2. The minimum atomic E-state index is -1.75. The molecule has 1 aromatic carbocycles. The van der Waals surface area contributed by atoms with Crippen molar-refractivity contribution in [3.8, 4) is 0 Å². The van der Waals surface area contributed by atoms with Crippen LogP contribution in [-0.2, 0) is 24.5 Å². The van der Waals surface area contributed by atoms with Gasteiger partial charge in [0.15, 0.2) is 5.41 Å². The molecule has 1 aromatic rings. The topological polar surface area (TPSA) is 72.8 Å². The molecule has 0 saturated carbocycles. The summed E-state index contributed by atoms with van der Waals surface area (Å²) >= 11 is 0. The maximum atomic E-state index is 12.4. The lowest BCUT2D eigenvalue weighted by atomic mass is 9.75. The summed E-state index contributed by atoms with van der Waals surface area (Å²) in [7, 11) is 1.48. The fraction of sp³-hybridized carbons (Fsp3) is 0.500. The van der Waals surface area contributed by atoms with E-state index in [1.165, 1.54) is 7.11 Å². The highest BCUT2D eigenvalue weighted by molar-refractivity contribution is 6.05. The molecule has 0 aliphatic carbocycles. The largest absolute Gasteiger partial charge is 0.480 e. The molecule has 0 spiro atoms. The average molecular weight is 294 g/mol. The third-order valence-corrected chi connectivity index (χ3v) is 3.50. The third-order valence-electron chi connectivity index (χ3n) is 3.50. The smallest absolute Gasteiger partial charge is 0.328 e. The Morgan fingerprint density at radius 2 is 2.05 bits per heavy atom. The van der Waals surface area contributed by atoms with Crippen LogP contribution >= 0.6 is 0 Å². The van der Waals surface area contributed by atoms with Crippen LogP contribution in [0.25, 0.3) is 0 Å². The third kappa shape index (κ3) is 3.61. The summed E-state index contributed by atoms with van der Waals surface area (Å²) in [5.41, 5.74) is -0.456. The summed E-state index contributed by atoms with van der Waals surface area (Å²) in [6.07, 6.45) is -0.382. The minimum absolute atomic E-state index is 0.0150. The fourth-order valence-corrected chi connectivity index (χ4v) is 2.30. The van der Waals surface area contributed by atoms with Gasteiger partial charge >= 0.3 is 11.9 Å². The van der Waals surface area contributed by atoms with E-state index in [2.05, 4.69) is 0 Å². The predicted molar refractivity (Wildman–Crippen MR) is 78.2 cm³/mol. The molecule has 5 nitrogen and oxygen atoms in total. The Kier molecular flexibility index (Phi) is 5.90. The van der Waals surface area contributed by atoms with Gasteiger partial charge in [-0.25, -0.2) is 0 Å². The fourth-order valence-electron chi connectivity index (χ4n) is 2.30. The molecule has 0 aliphatic heterocycles. The number of carbonyl (C=O) groups excluding carboxylic acids is 1. The summed E-state index contributed by atoms with van der Waals surface area (Å²) in [6.45, 7) is 5.36. The number of rotatable bonds is 7. The maximum absolute atomic E-state index is 12.4. The molecule has 1 rings (SSSR count). The normalized spacial score (nSPS) is 15.0. The van der Waals surface area contributed by atoms with Crippen molar-refractivity contribution >= 4 is 11.9 Å². The molecule has 0 bridgehead atoms. The molecule has 2 unspecified atom stereocenters. The molecular formula is C16H22O5. The molecule has 2 atom stereocenters.